The van der Waals surface area contributed by atoms with Crippen LogP contribution in [0.2, 0.25) is 0 Å². The maximum Gasteiger partial charge on any atom is 0.216 e. The summed E-state index contributed by atoms with van der Waals surface area (Å²) >= 11 is 0. The van der Waals surface area contributed by atoms with Gasteiger partial charge in [0.15, 0.2) is 5.69 Å². The number of ether oxygens (including phenoxy) is 1. The lowest BCUT2D eigenvalue weighted by atomic mass is 10.1. The highest BCUT2D eigenvalue weighted by atomic mass is 16.5. The summed E-state index contributed by atoms with van der Waals surface area (Å²) in [6.07, 6.45) is 1.58. The molecule has 0 bridgehead atoms. The van der Waals surface area contributed by atoms with E-state index in [0.29, 0.717) is 22.7 Å². The van der Waals surface area contributed by atoms with Crippen molar-refractivity contribution >= 4 is 5.78 Å². The predicted octanol–water partition coefficient (Wildman–Crippen LogP) is 2.33. The van der Waals surface area contributed by atoms with E-state index >= 15 is 0 Å². The van der Waals surface area contributed by atoms with Gasteiger partial charge in [-0.25, -0.2) is 4.98 Å². The van der Waals surface area contributed by atoms with Gasteiger partial charge in [-0.3, -0.25) is 9.78 Å². The van der Waals surface area contributed by atoms with Crippen LogP contribution in [0.1, 0.15) is 27.4 Å². The van der Waals surface area contributed by atoms with E-state index in [4.69, 9.17) is 4.74 Å². The van der Waals surface area contributed by atoms with Crippen molar-refractivity contribution in [2.45, 2.75) is 13.8 Å². The van der Waals surface area contributed by atoms with Gasteiger partial charge in [-0.2, -0.15) is 0 Å². The Morgan fingerprint density at radius 1 is 1.22 bits per heavy atom. The summed E-state index contributed by atoms with van der Waals surface area (Å²) in [5.41, 5.74) is 2.45. The minimum absolute atomic E-state index is 0.169. The normalized spacial score (nSPS) is 10.2. The molecule has 0 saturated carbocycles. The second-order valence-corrected chi connectivity index (χ2v) is 3.97. The summed E-state index contributed by atoms with van der Waals surface area (Å²) in [4.78, 5) is 20.7. The Morgan fingerprint density at radius 2 is 2.00 bits per heavy atom. The molecule has 2 aromatic heterocycles. The van der Waals surface area contributed by atoms with Gasteiger partial charge in [-0.1, -0.05) is 0 Å². The van der Waals surface area contributed by atoms with Crippen LogP contribution >= 0.6 is 0 Å². The molecule has 0 amide bonds. The number of hydrogen-bond acceptors (Lipinski definition) is 4. The summed E-state index contributed by atoms with van der Waals surface area (Å²) in [5.74, 6) is 0.305. The maximum atomic E-state index is 12.4. The predicted molar refractivity (Wildman–Crippen MR) is 67.9 cm³/mol. The summed E-state index contributed by atoms with van der Waals surface area (Å²) in [6.45, 7) is 3.71. The largest absolute Gasteiger partial charge is 0.494 e. The molecule has 92 valence electrons. The molecule has 0 aliphatic carbocycles. The number of carbonyl (C=O) groups is 1. The summed E-state index contributed by atoms with van der Waals surface area (Å²) in [6, 6.07) is 7.04. The standard InChI is InChI=1S/C14H14N2O2/c1-9-6-7-11(10(2)16-9)14(17)13-12(18-3)5-4-8-15-13/h4-8H,1-3H3. The minimum atomic E-state index is -0.169. The maximum absolute atomic E-state index is 12.4. The van der Waals surface area contributed by atoms with E-state index in [2.05, 4.69) is 9.97 Å². The van der Waals surface area contributed by atoms with Crippen LogP contribution in [-0.4, -0.2) is 22.9 Å². The fourth-order valence-corrected chi connectivity index (χ4v) is 1.78. The molecule has 0 aromatic carbocycles. The van der Waals surface area contributed by atoms with Crippen LogP contribution in [0.5, 0.6) is 5.75 Å². The van der Waals surface area contributed by atoms with Crippen molar-refractivity contribution < 1.29 is 9.53 Å². The first-order valence-electron chi connectivity index (χ1n) is 5.61. The molecule has 0 aliphatic heterocycles. The number of aryl methyl sites for hydroxylation is 2. The second-order valence-electron chi connectivity index (χ2n) is 3.97. The fraction of sp³-hybridized carbons (Fsp3) is 0.214. The number of aromatic nitrogens is 2. The van der Waals surface area contributed by atoms with Crippen molar-refractivity contribution in [1.82, 2.24) is 9.97 Å². The van der Waals surface area contributed by atoms with E-state index in [-0.39, 0.29) is 5.78 Å². The number of nitrogens with zero attached hydrogens (tertiary/aromatic N) is 2. The minimum Gasteiger partial charge on any atom is -0.494 e. The molecule has 0 unspecified atom stereocenters. The molecule has 2 rings (SSSR count). The lowest BCUT2D eigenvalue weighted by Crippen LogP contribution is -2.09. The molecular weight excluding hydrogens is 228 g/mol. The number of methoxy groups -OCH3 is 1. The molecular formula is C14H14N2O2. The highest BCUT2D eigenvalue weighted by Crippen LogP contribution is 2.20. The molecule has 18 heavy (non-hydrogen) atoms. The summed E-state index contributed by atoms with van der Waals surface area (Å²) in [7, 11) is 1.52. The molecule has 4 heteroatoms. The Kier molecular flexibility index (Phi) is 3.37. The quantitative estimate of drug-likeness (QED) is 0.775. The molecule has 2 heterocycles. The summed E-state index contributed by atoms with van der Waals surface area (Å²) in [5, 5.41) is 0. The van der Waals surface area contributed by atoms with Crippen LogP contribution < -0.4 is 4.74 Å². The number of hydrogen-bond donors (Lipinski definition) is 0. The Labute approximate surface area is 106 Å². The monoisotopic (exact) mass is 242 g/mol. The fourth-order valence-electron chi connectivity index (χ4n) is 1.78. The Balaban J connectivity index is 2.48. The smallest absolute Gasteiger partial charge is 0.216 e. The number of carbonyl (C=O) groups excluding carboxylic acids is 1. The molecule has 0 fully saturated rings. The zero-order chi connectivity index (χ0) is 13.1. The van der Waals surface area contributed by atoms with Gasteiger partial charge in [0.25, 0.3) is 0 Å². The van der Waals surface area contributed by atoms with Crippen LogP contribution in [0.25, 0.3) is 0 Å². The van der Waals surface area contributed by atoms with Gasteiger partial charge < -0.3 is 4.74 Å². The van der Waals surface area contributed by atoms with E-state index in [1.54, 1.807) is 24.4 Å². The molecule has 0 N–H and O–H groups in total. The molecule has 0 saturated heterocycles. The average Bonchev–Trinajstić information content (AvgIpc) is 2.38. The number of ketones is 1. The van der Waals surface area contributed by atoms with Crippen molar-refractivity contribution in [2.24, 2.45) is 0 Å². The zero-order valence-corrected chi connectivity index (χ0v) is 10.6. The molecule has 0 aliphatic rings. The molecule has 4 nitrogen and oxygen atoms in total. The van der Waals surface area contributed by atoms with Gasteiger partial charge >= 0.3 is 0 Å². The van der Waals surface area contributed by atoms with E-state index in [9.17, 15) is 4.79 Å². The Bertz CT molecular complexity index is 594. The molecule has 0 spiro atoms. The Hall–Kier alpha value is -2.23. The molecule has 0 atom stereocenters. The van der Waals surface area contributed by atoms with Gasteiger partial charge in [0.05, 0.1) is 7.11 Å². The third-order valence-corrected chi connectivity index (χ3v) is 2.68. The third kappa shape index (κ3) is 2.22. The van der Waals surface area contributed by atoms with E-state index in [0.717, 1.165) is 5.69 Å². The first kappa shape index (κ1) is 12.2. The first-order chi connectivity index (χ1) is 8.63. The van der Waals surface area contributed by atoms with Crippen molar-refractivity contribution in [1.29, 1.82) is 0 Å². The van der Waals surface area contributed by atoms with Crippen LogP contribution in [-0.2, 0) is 0 Å². The lowest BCUT2D eigenvalue weighted by molar-refractivity contribution is 0.103. The van der Waals surface area contributed by atoms with Gasteiger partial charge in [0.1, 0.15) is 5.75 Å². The van der Waals surface area contributed by atoms with Crippen LogP contribution in [0.4, 0.5) is 0 Å². The molecule has 0 radical (unpaired) electrons. The van der Waals surface area contributed by atoms with Crippen LogP contribution in [0.15, 0.2) is 30.5 Å². The van der Waals surface area contributed by atoms with Gasteiger partial charge in [-0.05, 0) is 38.1 Å². The van der Waals surface area contributed by atoms with Crippen molar-refractivity contribution in [2.75, 3.05) is 7.11 Å². The van der Waals surface area contributed by atoms with Crippen LogP contribution in [0.3, 0.4) is 0 Å². The molecule has 2 aromatic rings. The van der Waals surface area contributed by atoms with Gasteiger partial charge in [-0.15, -0.1) is 0 Å². The van der Waals surface area contributed by atoms with E-state index in [1.165, 1.54) is 7.11 Å². The first-order valence-corrected chi connectivity index (χ1v) is 5.61. The van der Waals surface area contributed by atoms with Gasteiger partial charge in [0, 0.05) is 23.1 Å². The van der Waals surface area contributed by atoms with Crippen molar-refractivity contribution in [3.63, 3.8) is 0 Å². The topological polar surface area (TPSA) is 52.1 Å². The van der Waals surface area contributed by atoms with E-state index < -0.39 is 0 Å². The Morgan fingerprint density at radius 3 is 2.67 bits per heavy atom. The SMILES string of the molecule is COc1cccnc1C(=O)c1ccc(C)nc1C. The van der Waals surface area contributed by atoms with Crippen molar-refractivity contribution in [3.8, 4) is 5.75 Å². The third-order valence-electron chi connectivity index (χ3n) is 2.68. The van der Waals surface area contributed by atoms with Crippen molar-refractivity contribution in [3.05, 3.63) is 53.1 Å². The number of rotatable bonds is 3. The van der Waals surface area contributed by atoms with Gasteiger partial charge in [0.2, 0.25) is 5.78 Å². The second kappa shape index (κ2) is 4.96. The lowest BCUT2D eigenvalue weighted by Gasteiger charge is -2.08. The highest BCUT2D eigenvalue weighted by molar-refractivity contribution is 6.09. The average molecular weight is 242 g/mol. The van der Waals surface area contributed by atoms with E-state index in [1.807, 2.05) is 19.9 Å². The summed E-state index contributed by atoms with van der Waals surface area (Å²) < 4.78 is 5.15. The number of pyridine rings is 2. The zero-order valence-electron chi connectivity index (χ0n) is 10.6. The highest BCUT2D eigenvalue weighted by Gasteiger charge is 2.17. The van der Waals surface area contributed by atoms with Crippen LogP contribution in [0, 0.1) is 13.8 Å².